The van der Waals surface area contributed by atoms with Crippen LogP contribution in [0.15, 0.2) is 72.8 Å². The number of hydrogen-bond donors (Lipinski definition) is 2. The number of nitrogens with one attached hydrogen (secondary N) is 1. The van der Waals surface area contributed by atoms with Crippen molar-refractivity contribution in [2.75, 3.05) is 6.54 Å². The summed E-state index contributed by atoms with van der Waals surface area (Å²) < 4.78 is 0. The quantitative estimate of drug-likeness (QED) is 0.679. The molecule has 3 aromatic carbocycles. The van der Waals surface area contributed by atoms with Crippen molar-refractivity contribution in [2.24, 2.45) is 5.73 Å². The fourth-order valence-electron chi connectivity index (χ4n) is 2.72. The van der Waals surface area contributed by atoms with Gasteiger partial charge in [-0.3, -0.25) is 4.79 Å². The molecular formula is C22H21ClN2O. The van der Waals surface area contributed by atoms with Gasteiger partial charge < -0.3 is 11.1 Å². The lowest BCUT2D eigenvalue weighted by Gasteiger charge is -2.07. The van der Waals surface area contributed by atoms with E-state index in [2.05, 4.69) is 17.4 Å². The summed E-state index contributed by atoms with van der Waals surface area (Å²) in [4.78, 5) is 12.3. The molecule has 0 spiro atoms. The van der Waals surface area contributed by atoms with Crippen molar-refractivity contribution >= 4 is 17.5 Å². The zero-order chi connectivity index (χ0) is 18.4. The summed E-state index contributed by atoms with van der Waals surface area (Å²) in [5.41, 5.74) is 10.7. The van der Waals surface area contributed by atoms with Gasteiger partial charge in [-0.05, 0) is 52.9 Å². The molecule has 3 N–H and O–H groups in total. The number of benzene rings is 3. The third-order valence-corrected chi connectivity index (χ3v) is 4.53. The van der Waals surface area contributed by atoms with E-state index >= 15 is 0 Å². The zero-order valence-corrected chi connectivity index (χ0v) is 15.2. The molecular weight excluding hydrogens is 344 g/mol. The van der Waals surface area contributed by atoms with Gasteiger partial charge in [-0.1, -0.05) is 60.1 Å². The van der Waals surface area contributed by atoms with Gasteiger partial charge in [0, 0.05) is 23.7 Å². The van der Waals surface area contributed by atoms with Crippen LogP contribution in [-0.2, 0) is 13.0 Å². The Hall–Kier alpha value is -2.62. The first-order valence-corrected chi connectivity index (χ1v) is 8.95. The standard InChI is InChI=1S/C22H21ClN2O/c23-21-11-9-19(10-12-21)18-5-7-20(8-6-18)22(26)25-14-13-16-1-3-17(15-24)4-2-16/h1-12H,13-15,24H2,(H,25,26). The minimum Gasteiger partial charge on any atom is -0.352 e. The number of nitrogens with two attached hydrogens (primary N) is 1. The molecule has 0 heterocycles. The molecule has 3 nitrogen and oxygen atoms in total. The van der Waals surface area contributed by atoms with Crippen molar-refractivity contribution in [1.29, 1.82) is 0 Å². The zero-order valence-electron chi connectivity index (χ0n) is 14.4. The Labute approximate surface area is 158 Å². The van der Waals surface area contributed by atoms with Gasteiger partial charge in [0.15, 0.2) is 0 Å². The topological polar surface area (TPSA) is 55.1 Å². The van der Waals surface area contributed by atoms with Crippen molar-refractivity contribution in [3.63, 3.8) is 0 Å². The molecule has 132 valence electrons. The Bertz CT molecular complexity index is 856. The average Bonchev–Trinajstić information content (AvgIpc) is 2.69. The van der Waals surface area contributed by atoms with E-state index in [0.717, 1.165) is 23.1 Å². The largest absolute Gasteiger partial charge is 0.352 e. The third kappa shape index (κ3) is 4.72. The van der Waals surface area contributed by atoms with Gasteiger partial charge in [0.25, 0.3) is 5.91 Å². The lowest BCUT2D eigenvalue weighted by atomic mass is 10.0. The minimum atomic E-state index is -0.0637. The summed E-state index contributed by atoms with van der Waals surface area (Å²) in [5, 5.41) is 3.67. The van der Waals surface area contributed by atoms with E-state index in [1.54, 1.807) is 0 Å². The van der Waals surface area contributed by atoms with Crippen LogP contribution >= 0.6 is 11.6 Å². The first kappa shape index (κ1) is 18.2. The van der Waals surface area contributed by atoms with Crippen molar-refractivity contribution in [3.8, 4) is 11.1 Å². The van der Waals surface area contributed by atoms with E-state index in [9.17, 15) is 4.79 Å². The summed E-state index contributed by atoms with van der Waals surface area (Å²) in [5.74, 6) is -0.0637. The van der Waals surface area contributed by atoms with E-state index in [1.807, 2.05) is 60.7 Å². The second kappa shape index (κ2) is 8.65. The number of carbonyl (C=O) groups excluding carboxylic acids is 1. The van der Waals surface area contributed by atoms with Crippen LogP contribution in [0.3, 0.4) is 0 Å². The normalized spacial score (nSPS) is 10.5. The smallest absolute Gasteiger partial charge is 0.251 e. The highest BCUT2D eigenvalue weighted by Crippen LogP contribution is 2.21. The second-order valence-electron chi connectivity index (χ2n) is 6.11. The van der Waals surface area contributed by atoms with Crippen LogP contribution < -0.4 is 11.1 Å². The van der Waals surface area contributed by atoms with Crippen LogP contribution in [0.1, 0.15) is 21.5 Å². The molecule has 0 aliphatic rings. The van der Waals surface area contributed by atoms with Crippen LogP contribution in [-0.4, -0.2) is 12.5 Å². The highest BCUT2D eigenvalue weighted by atomic mass is 35.5. The molecule has 1 amide bonds. The summed E-state index contributed by atoms with van der Waals surface area (Å²) in [6.45, 7) is 1.14. The van der Waals surface area contributed by atoms with Gasteiger partial charge in [0.2, 0.25) is 0 Å². The average molecular weight is 365 g/mol. The van der Waals surface area contributed by atoms with Gasteiger partial charge in [0.05, 0.1) is 0 Å². The Morgan fingerprint density at radius 3 is 1.92 bits per heavy atom. The van der Waals surface area contributed by atoms with Crippen LogP contribution in [0.5, 0.6) is 0 Å². The van der Waals surface area contributed by atoms with Gasteiger partial charge in [-0.2, -0.15) is 0 Å². The van der Waals surface area contributed by atoms with Gasteiger partial charge in [-0.25, -0.2) is 0 Å². The molecule has 26 heavy (non-hydrogen) atoms. The van der Waals surface area contributed by atoms with Crippen molar-refractivity contribution in [3.05, 3.63) is 94.5 Å². The molecule has 0 aliphatic carbocycles. The van der Waals surface area contributed by atoms with Crippen LogP contribution in [0, 0.1) is 0 Å². The van der Waals surface area contributed by atoms with Crippen LogP contribution in [0.4, 0.5) is 0 Å². The number of halogens is 1. The molecule has 3 rings (SSSR count). The van der Waals surface area contributed by atoms with Crippen molar-refractivity contribution < 1.29 is 4.79 Å². The maximum absolute atomic E-state index is 12.3. The Morgan fingerprint density at radius 2 is 1.35 bits per heavy atom. The first-order valence-electron chi connectivity index (χ1n) is 8.58. The van der Waals surface area contributed by atoms with E-state index in [4.69, 9.17) is 17.3 Å². The van der Waals surface area contributed by atoms with Crippen molar-refractivity contribution in [1.82, 2.24) is 5.32 Å². The number of rotatable bonds is 6. The Morgan fingerprint density at radius 1 is 0.808 bits per heavy atom. The molecule has 0 unspecified atom stereocenters. The highest BCUT2D eigenvalue weighted by molar-refractivity contribution is 6.30. The molecule has 0 aromatic heterocycles. The van der Waals surface area contributed by atoms with Crippen LogP contribution in [0.2, 0.25) is 5.02 Å². The van der Waals surface area contributed by atoms with Gasteiger partial charge in [-0.15, -0.1) is 0 Å². The second-order valence-corrected chi connectivity index (χ2v) is 6.55. The monoisotopic (exact) mass is 364 g/mol. The predicted octanol–water partition coefficient (Wildman–Crippen LogP) is 4.44. The molecule has 0 saturated carbocycles. The summed E-state index contributed by atoms with van der Waals surface area (Å²) >= 11 is 5.92. The molecule has 0 aliphatic heterocycles. The molecule has 0 fully saturated rings. The molecule has 0 bridgehead atoms. The molecule has 0 saturated heterocycles. The van der Waals surface area contributed by atoms with E-state index < -0.39 is 0 Å². The maximum atomic E-state index is 12.3. The molecule has 0 radical (unpaired) electrons. The maximum Gasteiger partial charge on any atom is 0.251 e. The summed E-state index contributed by atoms with van der Waals surface area (Å²) in [6, 6.07) is 23.4. The van der Waals surface area contributed by atoms with Crippen LogP contribution in [0.25, 0.3) is 11.1 Å². The van der Waals surface area contributed by atoms with E-state index in [1.165, 1.54) is 5.56 Å². The number of hydrogen-bond acceptors (Lipinski definition) is 2. The molecule has 3 aromatic rings. The Balaban J connectivity index is 1.55. The molecule has 4 heteroatoms. The predicted molar refractivity (Wildman–Crippen MR) is 107 cm³/mol. The minimum absolute atomic E-state index is 0.0637. The lowest BCUT2D eigenvalue weighted by Crippen LogP contribution is -2.25. The van der Waals surface area contributed by atoms with Gasteiger partial charge in [0.1, 0.15) is 0 Å². The Kier molecular flexibility index (Phi) is 6.05. The van der Waals surface area contributed by atoms with Crippen molar-refractivity contribution in [2.45, 2.75) is 13.0 Å². The summed E-state index contributed by atoms with van der Waals surface area (Å²) in [6.07, 6.45) is 0.791. The lowest BCUT2D eigenvalue weighted by molar-refractivity contribution is 0.0954. The van der Waals surface area contributed by atoms with E-state index in [0.29, 0.717) is 23.7 Å². The van der Waals surface area contributed by atoms with E-state index in [-0.39, 0.29) is 5.91 Å². The SMILES string of the molecule is NCc1ccc(CCNC(=O)c2ccc(-c3ccc(Cl)cc3)cc2)cc1. The fraction of sp³-hybridized carbons (Fsp3) is 0.136. The fourth-order valence-corrected chi connectivity index (χ4v) is 2.85. The number of amides is 1. The third-order valence-electron chi connectivity index (χ3n) is 4.28. The molecule has 0 atom stereocenters. The van der Waals surface area contributed by atoms with Gasteiger partial charge >= 0.3 is 0 Å². The highest BCUT2D eigenvalue weighted by Gasteiger charge is 2.06. The number of carbonyl (C=O) groups is 1. The first-order chi connectivity index (χ1) is 12.7. The summed E-state index contributed by atoms with van der Waals surface area (Å²) in [7, 11) is 0.